The Balaban J connectivity index is 1.87. The van der Waals surface area contributed by atoms with E-state index < -0.39 is 23.7 Å². The van der Waals surface area contributed by atoms with Crippen molar-refractivity contribution in [1.82, 2.24) is 5.32 Å². The zero-order valence-corrected chi connectivity index (χ0v) is 15.6. The van der Waals surface area contributed by atoms with Crippen molar-refractivity contribution in [2.45, 2.75) is 24.9 Å². The third-order valence-corrected chi connectivity index (χ3v) is 4.83. The third-order valence-electron chi connectivity index (χ3n) is 4.25. The molecule has 0 spiro atoms. The van der Waals surface area contributed by atoms with Crippen molar-refractivity contribution in [1.29, 1.82) is 0 Å². The quantitative estimate of drug-likeness (QED) is 0.595. The van der Waals surface area contributed by atoms with Gasteiger partial charge in [0.15, 0.2) is 5.76 Å². The predicted molar refractivity (Wildman–Crippen MR) is 101 cm³/mol. The number of rotatable bonds is 5. The molecular weight excluding hydrogens is 375 g/mol. The first-order chi connectivity index (χ1) is 12.8. The maximum absolute atomic E-state index is 12.9. The van der Waals surface area contributed by atoms with Gasteiger partial charge in [-0.15, -0.1) is 0 Å². The minimum absolute atomic E-state index is 0.198. The Hall–Kier alpha value is -2.41. The van der Waals surface area contributed by atoms with Gasteiger partial charge in [-0.25, -0.2) is 0 Å². The summed E-state index contributed by atoms with van der Waals surface area (Å²) < 4.78 is 44.5. The van der Waals surface area contributed by atoms with Crippen molar-refractivity contribution in [3.63, 3.8) is 0 Å². The molecule has 3 rings (SSSR count). The molecular formula is C20H18F3NO2S. The highest BCUT2D eigenvalue weighted by Crippen LogP contribution is 2.32. The number of furan rings is 1. The van der Waals surface area contributed by atoms with Gasteiger partial charge >= 0.3 is 6.18 Å². The monoisotopic (exact) mass is 393 g/mol. The lowest BCUT2D eigenvalue weighted by molar-refractivity contribution is -0.137. The third kappa shape index (κ3) is 4.13. The summed E-state index contributed by atoms with van der Waals surface area (Å²) >= 11 is 1.56. The molecule has 0 aliphatic heterocycles. The minimum Gasteiger partial charge on any atom is -0.451 e. The number of benzene rings is 2. The topological polar surface area (TPSA) is 42.2 Å². The molecule has 1 N–H and O–H groups in total. The van der Waals surface area contributed by atoms with Crippen LogP contribution in [0.4, 0.5) is 13.2 Å². The number of alkyl halides is 3. The number of nitrogens with one attached hydrogen (secondary N) is 1. The molecule has 0 saturated carbocycles. The number of carbonyl (C=O) groups is 1. The van der Waals surface area contributed by atoms with Gasteiger partial charge in [-0.2, -0.15) is 24.9 Å². The van der Waals surface area contributed by atoms with Crippen LogP contribution in [0.25, 0.3) is 11.0 Å². The molecule has 0 radical (unpaired) electrons. The van der Waals surface area contributed by atoms with Crippen molar-refractivity contribution in [3.8, 4) is 0 Å². The van der Waals surface area contributed by atoms with Crippen molar-refractivity contribution in [2.24, 2.45) is 0 Å². The smallest absolute Gasteiger partial charge is 0.416 e. The number of carbonyl (C=O) groups excluding carboxylic acids is 1. The van der Waals surface area contributed by atoms with E-state index in [1.807, 2.05) is 24.5 Å². The standard InChI is InChI=1S/C20H18F3NO2S/c1-12(13-6-5-7-14(10-13)20(21,22)23)24-19(25)18-16(11-27-2)15-8-3-4-9-17(15)26-18/h3-10,12H,11H2,1-2H3,(H,24,25). The molecule has 2 aromatic carbocycles. The number of halogens is 3. The highest BCUT2D eigenvalue weighted by Gasteiger charge is 2.31. The first-order valence-corrected chi connectivity index (χ1v) is 9.68. The number of hydrogen-bond acceptors (Lipinski definition) is 3. The van der Waals surface area contributed by atoms with E-state index in [0.717, 1.165) is 23.1 Å². The fourth-order valence-electron chi connectivity index (χ4n) is 2.90. The Morgan fingerprint density at radius 2 is 1.93 bits per heavy atom. The number of para-hydroxylation sites is 1. The molecule has 1 unspecified atom stereocenters. The van der Waals surface area contributed by atoms with E-state index in [0.29, 0.717) is 16.9 Å². The molecule has 0 aliphatic carbocycles. The van der Waals surface area contributed by atoms with Crippen molar-refractivity contribution < 1.29 is 22.4 Å². The molecule has 1 heterocycles. The van der Waals surface area contributed by atoms with E-state index in [1.54, 1.807) is 30.8 Å². The summed E-state index contributed by atoms with van der Waals surface area (Å²) in [4.78, 5) is 12.7. The van der Waals surface area contributed by atoms with Crippen molar-refractivity contribution in [2.75, 3.05) is 6.26 Å². The zero-order valence-electron chi connectivity index (χ0n) is 14.8. The predicted octanol–water partition coefficient (Wildman–Crippen LogP) is 5.81. The highest BCUT2D eigenvalue weighted by molar-refractivity contribution is 7.97. The first kappa shape index (κ1) is 19.4. The summed E-state index contributed by atoms with van der Waals surface area (Å²) in [5.41, 5.74) is 1.03. The first-order valence-electron chi connectivity index (χ1n) is 8.28. The summed E-state index contributed by atoms with van der Waals surface area (Å²) in [6.07, 6.45) is -2.50. The fourth-order valence-corrected chi connectivity index (χ4v) is 3.47. The average molecular weight is 393 g/mol. The van der Waals surface area contributed by atoms with Crippen LogP contribution >= 0.6 is 11.8 Å². The number of fused-ring (bicyclic) bond motifs is 1. The molecule has 1 atom stereocenters. The van der Waals surface area contributed by atoms with Crippen LogP contribution in [0.1, 0.15) is 40.2 Å². The largest absolute Gasteiger partial charge is 0.451 e. The molecule has 0 fully saturated rings. The molecule has 0 bridgehead atoms. The van der Waals surface area contributed by atoms with Gasteiger partial charge in [-0.3, -0.25) is 4.79 Å². The van der Waals surface area contributed by atoms with E-state index >= 15 is 0 Å². The van der Waals surface area contributed by atoms with Crippen LogP contribution in [0.2, 0.25) is 0 Å². The van der Waals surface area contributed by atoms with Crippen LogP contribution in [0.5, 0.6) is 0 Å². The van der Waals surface area contributed by atoms with Gasteiger partial charge in [-0.1, -0.05) is 30.3 Å². The van der Waals surface area contributed by atoms with Crippen LogP contribution in [0, 0.1) is 0 Å². The van der Waals surface area contributed by atoms with Gasteiger partial charge < -0.3 is 9.73 Å². The minimum atomic E-state index is -4.43. The number of hydrogen-bond donors (Lipinski definition) is 1. The second kappa shape index (κ2) is 7.68. The SMILES string of the molecule is CSCc1c(C(=O)NC(C)c2cccc(C(F)(F)F)c2)oc2ccccc12. The Morgan fingerprint density at radius 1 is 1.19 bits per heavy atom. The molecule has 0 aliphatic rings. The lowest BCUT2D eigenvalue weighted by atomic mass is 10.0. The van der Waals surface area contributed by atoms with E-state index in [-0.39, 0.29) is 5.76 Å². The van der Waals surface area contributed by atoms with Gasteiger partial charge in [0.2, 0.25) is 0 Å². The lowest BCUT2D eigenvalue weighted by Crippen LogP contribution is -2.27. The zero-order chi connectivity index (χ0) is 19.6. The normalized spacial score (nSPS) is 12.9. The Labute approximate surface area is 158 Å². The average Bonchev–Trinajstić information content (AvgIpc) is 3.00. The Kier molecular flexibility index (Phi) is 5.51. The molecule has 3 aromatic rings. The molecule has 0 saturated heterocycles. The summed E-state index contributed by atoms with van der Waals surface area (Å²) in [7, 11) is 0. The lowest BCUT2D eigenvalue weighted by Gasteiger charge is -2.16. The van der Waals surface area contributed by atoms with Crippen LogP contribution in [0.3, 0.4) is 0 Å². The molecule has 27 heavy (non-hydrogen) atoms. The maximum atomic E-state index is 12.9. The van der Waals surface area contributed by atoms with Crippen LogP contribution in [-0.4, -0.2) is 12.2 Å². The summed E-state index contributed by atoms with van der Waals surface area (Å²) in [6, 6.07) is 11.7. The van der Waals surface area contributed by atoms with Gasteiger partial charge in [0.05, 0.1) is 11.6 Å². The van der Waals surface area contributed by atoms with Gasteiger partial charge in [0, 0.05) is 16.7 Å². The van der Waals surface area contributed by atoms with Gasteiger partial charge in [0.25, 0.3) is 5.91 Å². The second-order valence-corrected chi connectivity index (χ2v) is 7.02. The fraction of sp³-hybridized carbons (Fsp3) is 0.250. The number of amides is 1. The van der Waals surface area contributed by atoms with E-state index in [9.17, 15) is 18.0 Å². The molecule has 3 nitrogen and oxygen atoms in total. The molecule has 142 valence electrons. The Bertz CT molecular complexity index is 965. The summed E-state index contributed by atoms with van der Waals surface area (Å²) in [5.74, 6) is 0.349. The summed E-state index contributed by atoms with van der Waals surface area (Å²) in [5, 5.41) is 3.61. The molecule has 7 heteroatoms. The number of thioether (sulfide) groups is 1. The Morgan fingerprint density at radius 3 is 2.63 bits per heavy atom. The second-order valence-electron chi connectivity index (χ2n) is 6.16. The van der Waals surface area contributed by atoms with Crippen LogP contribution in [-0.2, 0) is 11.9 Å². The van der Waals surface area contributed by atoms with Crippen molar-refractivity contribution in [3.05, 3.63) is 71.0 Å². The molecule has 1 aromatic heterocycles. The van der Waals surface area contributed by atoms with E-state index in [2.05, 4.69) is 5.32 Å². The van der Waals surface area contributed by atoms with Gasteiger partial charge in [-0.05, 0) is 36.9 Å². The van der Waals surface area contributed by atoms with E-state index in [4.69, 9.17) is 4.42 Å². The highest BCUT2D eigenvalue weighted by atomic mass is 32.2. The van der Waals surface area contributed by atoms with Gasteiger partial charge in [0.1, 0.15) is 5.58 Å². The maximum Gasteiger partial charge on any atom is 0.416 e. The summed E-state index contributed by atoms with van der Waals surface area (Å²) in [6.45, 7) is 1.64. The van der Waals surface area contributed by atoms with Crippen LogP contribution in [0.15, 0.2) is 52.9 Å². The van der Waals surface area contributed by atoms with Crippen molar-refractivity contribution >= 4 is 28.6 Å². The van der Waals surface area contributed by atoms with E-state index in [1.165, 1.54) is 6.07 Å². The van der Waals surface area contributed by atoms with Crippen LogP contribution < -0.4 is 5.32 Å². The molecule has 1 amide bonds.